The molecule has 2 aromatic rings. The molecule has 0 N–H and O–H groups in total. The predicted molar refractivity (Wildman–Crippen MR) is 93.2 cm³/mol. The second-order valence-electron chi connectivity index (χ2n) is 5.03. The predicted octanol–water partition coefficient (Wildman–Crippen LogP) is 7.31. The van der Waals surface area contributed by atoms with Crippen molar-refractivity contribution in [2.24, 2.45) is 0 Å². The number of benzene rings is 2. The molecule has 0 atom stereocenters. The van der Waals surface area contributed by atoms with Gasteiger partial charge < -0.3 is 0 Å². The fourth-order valence-corrected chi connectivity index (χ4v) is 1.85. The largest absolute Gasteiger partial charge is 0.416 e. The maximum Gasteiger partial charge on any atom is 0.416 e. The van der Waals surface area contributed by atoms with Crippen LogP contribution in [0.5, 0.6) is 0 Å². The van der Waals surface area contributed by atoms with E-state index < -0.39 is 11.7 Å². The van der Waals surface area contributed by atoms with Crippen molar-refractivity contribution in [3.05, 3.63) is 69.2 Å². The third kappa shape index (κ3) is 7.56. The molecule has 4 heteroatoms. The first-order valence-corrected chi connectivity index (χ1v) is 7.86. The SMILES string of the molecule is CC.Cc1ccc(C(F)(F)F)cc1C.Cc1ccc(Cl)cc1C. The highest BCUT2D eigenvalue weighted by atomic mass is 35.5. The molecule has 0 aromatic heterocycles. The molecule has 0 unspecified atom stereocenters. The van der Waals surface area contributed by atoms with Gasteiger partial charge in [0.1, 0.15) is 0 Å². The Morgan fingerprint density at radius 2 is 1.13 bits per heavy atom. The summed E-state index contributed by atoms with van der Waals surface area (Å²) in [6.07, 6.45) is -4.22. The highest BCUT2D eigenvalue weighted by Gasteiger charge is 2.30. The summed E-state index contributed by atoms with van der Waals surface area (Å²) in [7, 11) is 0. The van der Waals surface area contributed by atoms with Crippen LogP contribution >= 0.6 is 11.6 Å². The maximum absolute atomic E-state index is 12.1. The second kappa shape index (κ2) is 9.61. The van der Waals surface area contributed by atoms with Gasteiger partial charge in [0.25, 0.3) is 0 Å². The molecule has 0 amide bonds. The third-order valence-corrected chi connectivity index (χ3v) is 3.54. The summed E-state index contributed by atoms with van der Waals surface area (Å²) in [5.74, 6) is 0. The number of aryl methyl sites for hydroxylation is 4. The van der Waals surface area contributed by atoms with Crippen molar-refractivity contribution in [1.82, 2.24) is 0 Å². The van der Waals surface area contributed by atoms with E-state index in [2.05, 4.69) is 13.8 Å². The summed E-state index contributed by atoms with van der Waals surface area (Å²) in [6, 6.07) is 9.65. The summed E-state index contributed by atoms with van der Waals surface area (Å²) in [5.41, 5.74) is 3.51. The Balaban J connectivity index is 0.000000392. The van der Waals surface area contributed by atoms with E-state index in [1.54, 1.807) is 13.8 Å². The summed E-state index contributed by atoms with van der Waals surface area (Å²) in [5, 5.41) is 0.818. The van der Waals surface area contributed by atoms with Crippen LogP contribution in [0.25, 0.3) is 0 Å². The molecule has 0 radical (unpaired) electrons. The van der Waals surface area contributed by atoms with Crippen LogP contribution in [0.1, 0.15) is 41.7 Å². The average molecular weight is 345 g/mol. The number of rotatable bonds is 0. The van der Waals surface area contributed by atoms with Crippen molar-refractivity contribution >= 4 is 11.6 Å². The van der Waals surface area contributed by atoms with E-state index in [4.69, 9.17) is 11.6 Å². The molecular weight excluding hydrogens is 321 g/mol. The van der Waals surface area contributed by atoms with E-state index in [1.165, 1.54) is 17.2 Å². The Hall–Kier alpha value is -1.48. The second-order valence-corrected chi connectivity index (χ2v) is 5.46. The van der Waals surface area contributed by atoms with E-state index in [1.807, 2.05) is 32.0 Å². The Labute approximate surface area is 142 Å². The fraction of sp³-hybridized carbons (Fsp3) is 0.368. The lowest BCUT2D eigenvalue weighted by Gasteiger charge is -2.08. The van der Waals surface area contributed by atoms with Gasteiger partial charge in [0.15, 0.2) is 0 Å². The van der Waals surface area contributed by atoms with Crippen LogP contribution in [-0.4, -0.2) is 0 Å². The summed E-state index contributed by atoms with van der Waals surface area (Å²) in [4.78, 5) is 0. The molecule has 0 saturated heterocycles. The Kier molecular flexibility index (Phi) is 8.99. The fourth-order valence-electron chi connectivity index (χ4n) is 1.62. The Morgan fingerprint density at radius 1 is 0.696 bits per heavy atom. The monoisotopic (exact) mass is 344 g/mol. The van der Waals surface area contributed by atoms with Gasteiger partial charge in [0.05, 0.1) is 5.56 Å². The van der Waals surface area contributed by atoms with Gasteiger partial charge in [-0.2, -0.15) is 13.2 Å². The van der Waals surface area contributed by atoms with Crippen LogP contribution in [0.15, 0.2) is 36.4 Å². The Bertz CT molecular complexity index is 616. The molecule has 2 aromatic carbocycles. The van der Waals surface area contributed by atoms with Crippen LogP contribution < -0.4 is 0 Å². The smallest absolute Gasteiger partial charge is 0.166 e. The highest BCUT2D eigenvalue weighted by Crippen LogP contribution is 2.30. The maximum atomic E-state index is 12.1. The van der Waals surface area contributed by atoms with E-state index in [-0.39, 0.29) is 0 Å². The molecule has 0 aliphatic heterocycles. The molecule has 0 nitrogen and oxygen atoms in total. The van der Waals surface area contributed by atoms with Gasteiger partial charge in [-0.15, -0.1) is 0 Å². The van der Waals surface area contributed by atoms with Crippen LogP contribution in [0.2, 0.25) is 5.02 Å². The van der Waals surface area contributed by atoms with Crippen molar-refractivity contribution in [3.8, 4) is 0 Å². The third-order valence-electron chi connectivity index (χ3n) is 3.30. The topological polar surface area (TPSA) is 0 Å². The molecule has 23 heavy (non-hydrogen) atoms. The average Bonchev–Trinajstić information content (AvgIpc) is 2.48. The van der Waals surface area contributed by atoms with Crippen LogP contribution in [0.4, 0.5) is 13.2 Å². The first-order chi connectivity index (χ1) is 10.6. The number of alkyl halides is 3. The van der Waals surface area contributed by atoms with Crippen molar-refractivity contribution in [2.75, 3.05) is 0 Å². The zero-order valence-electron chi connectivity index (χ0n) is 14.5. The zero-order chi connectivity index (χ0) is 18.2. The van der Waals surface area contributed by atoms with Gasteiger partial charge in [-0.3, -0.25) is 0 Å². The quantitative estimate of drug-likeness (QED) is 0.470. The summed E-state index contributed by atoms with van der Waals surface area (Å²) < 4.78 is 36.3. The van der Waals surface area contributed by atoms with Crippen molar-refractivity contribution < 1.29 is 13.2 Å². The minimum Gasteiger partial charge on any atom is -0.166 e. The number of halogens is 4. The number of hydrogen-bond acceptors (Lipinski definition) is 0. The van der Waals surface area contributed by atoms with Crippen molar-refractivity contribution in [2.45, 2.75) is 47.7 Å². The lowest BCUT2D eigenvalue weighted by Crippen LogP contribution is -2.05. The van der Waals surface area contributed by atoms with E-state index >= 15 is 0 Å². The van der Waals surface area contributed by atoms with Crippen LogP contribution in [-0.2, 0) is 6.18 Å². The first-order valence-electron chi connectivity index (χ1n) is 7.48. The lowest BCUT2D eigenvalue weighted by atomic mass is 10.1. The summed E-state index contributed by atoms with van der Waals surface area (Å²) in [6.45, 7) is 11.6. The molecule has 0 fully saturated rings. The first kappa shape index (κ1) is 21.5. The highest BCUT2D eigenvalue weighted by molar-refractivity contribution is 6.30. The normalized spacial score (nSPS) is 10.2. The van der Waals surface area contributed by atoms with Gasteiger partial charge in [0.2, 0.25) is 0 Å². The van der Waals surface area contributed by atoms with Crippen molar-refractivity contribution in [1.29, 1.82) is 0 Å². The molecule has 0 heterocycles. The summed E-state index contributed by atoms with van der Waals surface area (Å²) >= 11 is 5.72. The van der Waals surface area contributed by atoms with Crippen LogP contribution in [0.3, 0.4) is 0 Å². The molecule has 0 aliphatic carbocycles. The van der Waals surface area contributed by atoms with E-state index in [0.717, 1.165) is 22.7 Å². The zero-order valence-corrected chi connectivity index (χ0v) is 15.2. The molecule has 0 spiro atoms. The van der Waals surface area contributed by atoms with Gasteiger partial charge in [-0.25, -0.2) is 0 Å². The van der Waals surface area contributed by atoms with Gasteiger partial charge in [-0.1, -0.05) is 37.6 Å². The molecule has 0 saturated carbocycles. The van der Waals surface area contributed by atoms with Gasteiger partial charge in [-0.05, 0) is 74.2 Å². The van der Waals surface area contributed by atoms with Crippen molar-refractivity contribution in [3.63, 3.8) is 0 Å². The molecule has 0 aliphatic rings. The standard InChI is InChI=1S/C9H9F3.C8H9Cl.C2H6/c1-6-3-4-8(5-7(6)2)9(10,11)12;1-6-3-4-8(9)5-7(6)2;1-2/h3-5H,1-2H3;3-5H,1-2H3;1-2H3. The minimum absolute atomic E-state index is 0.578. The minimum atomic E-state index is -4.22. The molecule has 2 rings (SSSR count). The van der Waals surface area contributed by atoms with Gasteiger partial charge >= 0.3 is 6.18 Å². The molecule has 0 bridgehead atoms. The van der Waals surface area contributed by atoms with E-state index in [0.29, 0.717) is 5.56 Å². The molecule has 128 valence electrons. The van der Waals surface area contributed by atoms with Crippen LogP contribution in [0, 0.1) is 27.7 Å². The Morgan fingerprint density at radius 3 is 1.48 bits per heavy atom. The van der Waals surface area contributed by atoms with Gasteiger partial charge in [0, 0.05) is 5.02 Å². The number of hydrogen-bond donors (Lipinski definition) is 0. The van der Waals surface area contributed by atoms with E-state index in [9.17, 15) is 13.2 Å². The lowest BCUT2D eigenvalue weighted by molar-refractivity contribution is -0.137. The molecular formula is C19H24ClF3.